The van der Waals surface area contributed by atoms with E-state index in [0.29, 0.717) is 12.1 Å². The third-order valence-corrected chi connectivity index (χ3v) is 6.54. The number of benzene rings is 3. The lowest BCUT2D eigenvalue weighted by Gasteiger charge is -2.35. The summed E-state index contributed by atoms with van der Waals surface area (Å²) in [7, 11) is 3.22. The van der Waals surface area contributed by atoms with Crippen LogP contribution in [0.15, 0.2) is 72.8 Å². The summed E-state index contributed by atoms with van der Waals surface area (Å²) in [6.45, 7) is 1.91. The second-order valence-corrected chi connectivity index (χ2v) is 9.45. The molecule has 0 aliphatic heterocycles. The zero-order valence-corrected chi connectivity index (χ0v) is 20.8. The van der Waals surface area contributed by atoms with E-state index in [2.05, 4.69) is 0 Å². The van der Waals surface area contributed by atoms with Crippen LogP contribution >= 0.6 is 0 Å². The van der Waals surface area contributed by atoms with E-state index in [1.165, 1.54) is 4.90 Å². The molecule has 3 rings (SSSR count). The van der Waals surface area contributed by atoms with Crippen LogP contribution in [-0.4, -0.2) is 50.8 Å². The van der Waals surface area contributed by atoms with Crippen LogP contribution in [0.2, 0.25) is 0 Å². The van der Waals surface area contributed by atoms with Gasteiger partial charge in [0, 0.05) is 43.9 Å². The minimum absolute atomic E-state index is 0.0919. The predicted octanol–water partition coefficient (Wildman–Crippen LogP) is 3.98. The maximum Gasteiger partial charge on any atom is 0.303 e. The summed E-state index contributed by atoms with van der Waals surface area (Å²) < 4.78 is 25.6. The molecule has 0 heterocycles. The molecule has 0 radical (unpaired) electrons. The Bertz CT molecular complexity index is 1180. The number of nitrogens with zero attached hydrogens (tertiary/aromatic N) is 2. The van der Waals surface area contributed by atoms with Gasteiger partial charge in [0.25, 0.3) is 0 Å². The highest BCUT2D eigenvalue weighted by molar-refractivity contribution is 7.80. The Hall–Kier alpha value is -3.49. The Morgan fingerprint density at radius 2 is 1.40 bits per heavy atom. The molecule has 0 bridgehead atoms. The molecule has 184 valence electrons. The summed E-state index contributed by atoms with van der Waals surface area (Å²) in [6, 6.07) is 21.5. The van der Waals surface area contributed by atoms with Crippen molar-refractivity contribution in [2.75, 3.05) is 18.4 Å². The van der Waals surface area contributed by atoms with Crippen molar-refractivity contribution >= 4 is 28.8 Å². The van der Waals surface area contributed by atoms with Gasteiger partial charge in [0.1, 0.15) is 6.04 Å². The van der Waals surface area contributed by atoms with E-state index < -0.39 is 23.3 Å². The van der Waals surface area contributed by atoms with E-state index in [1.54, 1.807) is 26.2 Å². The van der Waals surface area contributed by atoms with Gasteiger partial charge in [0.2, 0.25) is 5.91 Å². The van der Waals surface area contributed by atoms with Crippen molar-refractivity contribution in [2.24, 2.45) is 0 Å². The number of carbonyl (C=O) groups excluding carboxylic acids is 1. The highest BCUT2D eigenvalue weighted by Crippen LogP contribution is 2.25. The molecule has 0 aliphatic carbocycles. The fraction of sp³-hybridized carbons (Fsp3) is 0.259. The largest absolute Gasteiger partial charge is 0.755 e. The molecule has 1 amide bonds. The highest BCUT2D eigenvalue weighted by Gasteiger charge is 2.29. The first-order valence-corrected chi connectivity index (χ1v) is 12.3. The van der Waals surface area contributed by atoms with Gasteiger partial charge in [-0.3, -0.25) is 18.1 Å². The minimum atomic E-state index is -2.64. The number of hydrogen-bond donors (Lipinski definition) is 1. The molecule has 2 unspecified atom stereocenters. The zero-order chi connectivity index (χ0) is 25.5. The number of carboxylic acid groups (broad SMARTS) is 1. The number of carboxylic acids is 1. The van der Waals surface area contributed by atoms with Crippen molar-refractivity contribution in [1.29, 1.82) is 0 Å². The number of anilines is 1. The lowest BCUT2D eigenvalue weighted by atomic mass is 9.98. The van der Waals surface area contributed by atoms with Gasteiger partial charge < -0.3 is 14.6 Å². The van der Waals surface area contributed by atoms with Crippen LogP contribution in [0, 0.1) is 6.92 Å². The molecule has 0 saturated heterocycles. The predicted molar refractivity (Wildman–Crippen MR) is 137 cm³/mol. The molecular weight excluding hydrogens is 464 g/mol. The summed E-state index contributed by atoms with van der Waals surface area (Å²) >= 11 is -2.64. The SMILES string of the molecule is Cc1ccc(N(C(Cc2ccc(-c3ccc(CCC(=O)O)cc3)cc2)C(=O)N(C)C)S(=O)[O-])cc1. The fourth-order valence-electron chi connectivity index (χ4n) is 3.80. The van der Waals surface area contributed by atoms with Crippen molar-refractivity contribution in [1.82, 2.24) is 4.90 Å². The van der Waals surface area contributed by atoms with Crippen LogP contribution in [0.25, 0.3) is 11.1 Å². The quantitative estimate of drug-likeness (QED) is 0.431. The molecule has 1 N–H and O–H groups in total. The molecule has 0 saturated carbocycles. The molecule has 0 fully saturated rings. The average Bonchev–Trinajstić information content (AvgIpc) is 2.83. The summed E-state index contributed by atoms with van der Waals surface area (Å²) in [5.41, 5.74) is 5.17. The number of aliphatic carboxylic acids is 1. The Balaban J connectivity index is 1.83. The van der Waals surface area contributed by atoms with Gasteiger partial charge in [-0.05, 0) is 47.7 Å². The molecule has 2 atom stereocenters. The third-order valence-electron chi connectivity index (χ3n) is 5.76. The van der Waals surface area contributed by atoms with Crippen LogP contribution in [0.4, 0.5) is 5.69 Å². The van der Waals surface area contributed by atoms with Crippen LogP contribution < -0.4 is 4.31 Å². The Labute approximate surface area is 208 Å². The smallest absolute Gasteiger partial charge is 0.303 e. The van der Waals surface area contributed by atoms with Gasteiger partial charge in [-0.1, -0.05) is 66.2 Å². The summed E-state index contributed by atoms with van der Waals surface area (Å²) in [6.07, 6.45) is 0.788. The average molecular weight is 494 g/mol. The van der Waals surface area contributed by atoms with Crippen molar-refractivity contribution in [3.05, 3.63) is 89.5 Å². The minimum Gasteiger partial charge on any atom is -0.755 e. The number of aryl methyl sites for hydroxylation is 2. The summed E-state index contributed by atoms with van der Waals surface area (Å²) in [4.78, 5) is 25.2. The molecule has 8 heteroatoms. The topological polar surface area (TPSA) is 101 Å². The fourth-order valence-corrected chi connectivity index (χ4v) is 4.47. The van der Waals surface area contributed by atoms with Crippen LogP contribution in [0.3, 0.4) is 0 Å². The van der Waals surface area contributed by atoms with E-state index >= 15 is 0 Å². The van der Waals surface area contributed by atoms with E-state index in [4.69, 9.17) is 5.11 Å². The Kier molecular flexibility index (Phi) is 8.78. The first-order chi connectivity index (χ1) is 16.7. The monoisotopic (exact) mass is 493 g/mol. The molecule has 0 aromatic heterocycles. The van der Waals surface area contributed by atoms with Crippen LogP contribution in [0.5, 0.6) is 0 Å². The van der Waals surface area contributed by atoms with E-state index in [0.717, 1.165) is 32.1 Å². The zero-order valence-electron chi connectivity index (χ0n) is 20.0. The van der Waals surface area contributed by atoms with Crippen molar-refractivity contribution in [3.63, 3.8) is 0 Å². The van der Waals surface area contributed by atoms with Gasteiger partial charge in [-0.15, -0.1) is 0 Å². The Morgan fingerprint density at radius 3 is 1.86 bits per heavy atom. The van der Waals surface area contributed by atoms with E-state index in [9.17, 15) is 18.4 Å². The number of likely N-dealkylation sites (N-methyl/N-ethyl adjacent to an activating group) is 1. The van der Waals surface area contributed by atoms with Gasteiger partial charge in [0.05, 0.1) is 0 Å². The molecular formula is C27H29N2O5S-. The van der Waals surface area contributed by atoms with Gasteiger partial charge >= 0.3 is 5.97 Å². The van der Waals surface area contributed by atoms with Gasteiger partial charge in [-0.25, -0.2) is 0 Å². The van der Waals surface area contributed by atoms with E-state index in [1.807, 2.05) is 67.6 Å². The number of carbonyl (C=O) groups is 2. The molecule has 3 aromatic rings. The second-order valence-electron chi connectivity index (χ2n) is 8.62. The summed E-state index contributed by atoms with van der Waals surface area (Å²) in [5, 5.41) is 8.84. The van der Waals surface area contributed by atoms with Crippen LogP contribution in [-0.2, 0) is 33.7 Å². The van der Waals surface area contributed by atoms with Crippen molar-refractivity contribution < 1.29 is 23.5 Å². The van der Waals surface area contributed by atoms with Crippen molar-refractivity contribution in [3.8, 4) is 11.1 Å². The lowest BCUT2D eigenvalue weighted by molar-refractivity contribution is -0.137. The molecule has 35 heavy (non-hydrogen) atoms. The molecule has 0 aliphatic rings. The van der Waals surface area contributed by atoms with Crippen molar-refractivity contribution in [2.45, 2.75) is 32.2 Å². The van der Waals surface area contributed by atoms with E-state index in [-0.39, 0.29) is 18.7 Å². The van der Waals surface area contributed by atoms with Gasteiger partial charge in [0.15, 0.2) is 0 Å². The number of amides is 1. The first kappa shape index (κ1) is 26.1. The maximum atomic E-state index is 13.0. The van der Waals surface area contributed by atoms with Gasteiger partial charge in [-0.2, -0.15) is 0 Å². The number of hydrogen-bond acceptors (Lipinski definition) is 4. The Morgan fingerprint density at radius 1 is 0.886 bits per heavy atom. The maximum absolute atomic E-state index is 13.0. The molecule has 0 spiro atoms. The highest BCUT2D eigenvalue weighted by atomic mass is 32.2. The second kappa shape index (κ2) is 11.8. The third kappa shape index (κ3) is 7.00. The number of rotatable bonds is 10. The first-order valence-electron chi connectivity index (χ1n) is 11.2. The molecule has 3 aromatic carbocycles. The lowest BCUT2D eigenvalue weighted by Crippen LogP contribution is -2.48. The normalized spacial score (nSPS) is 12.6. The van der Waals surface area contributed by atoms with Crippen LogP contribution in [0.1, 0.15) is 23.1 Å². The summed E-state index contributed by atoms with van der Waals surface area (Å²) in [5.74, 6) is -1.13. The standard InChI is InChI=1S/C27H30N2O5S/c1-19-4-15-24(16-5-19)29(35(33)34)25(27(32)28(2)3)18-21-8-13-23(14-9-21)22-11-6-20(7-12-22)10-17-26(30)31/h4-9,11-16,25H,10,17-18H2,1-3H3,(H,30,31)(H,33,34)/p-1. The molecule has 7 nitrogen and oxygen atoms in total.